The van der Waals surface area contributed by atoms with E-state index < -0.39 is 0 Å². The Kier molecular flexibility index (Phi) is 10.3. The Balaban J connectivity index is 0.000000251. The Morgan fingerprint density at radius 1 is 0.840 bits per heavy atom. The average Bonchev–Trinajstić information content (AvgIpc) is 2.55. The van der Waals surface area contributed by atoms with Crippen molar-refractivity contribution in [1.29, 1.82) is 0 Å². The van der Waals surface area contributed by atoms with Gasteiger partial charge in [-0.2, -0.15) is 0 Å². The summed E-state index contributed by atoms with van der Waals surface area (Å²) in [7, 11) is 0. The molecule has 2 aliphatic heterocycles. The van der Waals surface area contributed by atoms with Crippen LogP contribution in [0.5, 0.6) is 0 Å². The molecule has 2 rings (SSSR count). The molecule has 2 heteroatoms. The van der Waals surface area contributed by atoms with Gasteiger partial charge in [-0.05, 0) is 84.2 Å². The third kappa shape index (κ3) is 8.73. The highest BCUT2D eigenvalue weighted by Gasteiger charge is 2.21. The van der Waals surface area contributed by atoms with Crippen LogP contribution in [-0.2, 0) is 0 Å². The number of hydrogen-bond donors (Lipinski definition) is 0. The molecule has 2 aliphatic rings. The SMILES string of the molecule is CC(C)C1=CCN(C(C)C)CC1.CC(C)CC1CCN(C(C)C)CC1. The highest BCUT2D eigenvalue weighted by molar-refractivity contribution is 5.09. The molecule has 0 saturated carbocycles. The molecule has 0 unspecified atom stereocenters. The smallest absolute Gasteiger partial charge is 0.0168 e. The zero-order chi connectivity index (χ0) is 19.0. The lowest BCUT2D eigenvalue weighted by molar-refractivity contribution is 0.139. The first kappa shape index (κ1) is 22.7. The minimum absolute atomic E-state index is 0.704. The van der Waals surface area contributed by atoms with Gasteiger partial charge in [0.25, 0.3) is 0 Å². The fourth-order valence-electron chi connectivity index (χ4n) is 4.07. The molecule has 1 saturated heterocycles. The van der Waals surface area contributed by atoms with Gasteiger partial charge in [-0.1, -0.05) is 39.3 Å². The molecule has 2 heterocycles. The Morgan fingerprint density at radius 2 is 1.40 bits per heavy atom. The lowest BCUT2D eigenvalue weighted by Crippen LogP contribution is -2.38. The molecule has 0 aliphatic carbocycles. The minimum Gasteiger partial charge on any atom is -0.301 e. The van der Waals surface area contributed by atoms with Gasteiger partial charge in [0, 0.05) is 25.2 Å². The highest BCUT2D eigenvalue weighted by Crippen LogP contribution is 2.24. The van der Waals surface area contributed by atoms with Gasteiger partial charge in [-0.15, -0.1) is 0 Å². The summed E-state index contributed by atoms with van der Waals surface area (Å²) < 4.78 is 0. The van der Waals surface area contributed by atoms with E-state index in [1.165, 1.54) is 45.3 Å². The zero-order valence-electron chi connectivity index (χ0n) is 18.5. The first-order chi connectivity index (χ1) is 11.7. The molecule has 0 spiro atoms. The predicted molar refractivity (Wildman–Crippen MR) is 113 cm³/mol. The molecule has 0 atom stereocenters. The van der Waals surface area contributed by atoms with Crippen LogP contribution in [0.4, 0.5) is 0 Å². The van der Waals surface area contributed by atoms with Crippen LogP contribution in [0.25, 0.3) is 0 Å². The van der Waals surface area contributed by atoms with E-state index in [0.717, 1.165) is 30.3 Å². The zero-order valence-corrected chi connectivity index (χ0v) is 18.5. The van der Waals surface area contributed by atoms with Gasteiger partial charge < -0.3 is 4.90 Å². The summed E-state index contributed by atoms with van der Waals surface area (Å²) in [5.74, 6) is 2.64. The van der Waals surface area contributed by atoms with E-state index in [2.05, 4.69) is 71.3 Å². The van der Waals surface area contributed by atoms with Gasteiger partial charge in [-0.3, -0.25) is 4.90 Å². The molecule has 0 radical (unpaired) electrons. The molecule has 0 aromatic heterocycles. The maximum absolute atomic E-state index is 2.61. The van der Waals surface area contributed by atoms with Crippen molar-refractivity contribution >= 4 is 0 Å². The van der Waals surface area contributed by atoms with E-state index >= 15 is 0 Å². The summed E-state index contributed by atoms with van der Waals surface area (Å²) in [5.41, 5.74) is 1.65. The van der Waals surface area contributed by atoms with Gasteiger partial charge in [0.2, 0.25) is 0 Å². The van der Waals surface area contributed by atoms with Crippen LogP contribution in [0.3, 0.4) is 0 Å². The topological polar surface area (TPSA) is 6.48 Å². The molecule has 2 nitrogen and oxygen atoms in total. The number of likely N-dealkylation sites (tertiary alicyclic amines) is 1. The van der Waals surface area contributed by atoms with Gasteiger partial charge in [0.15, 0.2) is 0 Å². The molecule has 1 fully saturated rings. The van der Waals surface area contributed by atoms with Crippen molar-refractivity contribution in [2.75, 3.05) is 26.2 Å². The lowest BCUT2D eigenvalue weighted by atomic mass is 9.88. The fourth-order valence-corrected chi connectivity index (χ4v) is 4.07. The largest absolute Gasteiger partial charge is 0.301 e. The summed E-state index contributed by atoms with van der Waals surface area (Å²) >= 11 is 0. The van der Waals surface area contributed by atoms with Crippen LogP contribution in [0.15, 0.2) is 11.6 Å². The van der Waals surface area contributed by atoms with Gasteiger partial charge in [-0.25, -0.2) is 0 Å². The molecule has 148 valence electrons. The third-order valence-electron chi connectivity index (χ3n) is 5.93. The number of hydrogen-bond acceptors (Lipinski definition) is 2. The van der Waals surface area contributed by atoms with Gasteiger partial charge in [0.1, 0.15) is 0 Å². The first-order valence-electron chi connectivity index (χ1n) is 10.9. The van der Waals surface area contributed by atoms with Crippen molar-refractivity contribution in [2.45, 2.75) is 93.2 Å². The molecule has 0 aromatic carbocycles. The van der Waals surface area contributed by atoms with Crippen LogP contribution < -0.4 is 0 Å². The Hall–Kier alpha value is -0.340. The van der Waals surface area contributed by atoms with Crippen LogP contribution >= 0.6 is 0 Å². The van der Waals surface area contributed by atoms with E-state index in [9.17, 15) is 0 Å². The lowest BCUT2D eigenvalue weighted by Gasteiger charge is -2.35. The summed E-state index contributed by atoms with van der Waals surface area (Å²) in [6.45, 7) is 23.5. The molecular formula is C23H46N2. The highest BCUT2D eigenvalue weighted by atomic mass is 15.1. The van der Waals surface area contributed by atoms with Crippen molar-refractivity contribution in [2.24, 2.45) is 17.8 Å². The van der Waals surface area contributed by atoms with Crippen LogP contribution in [0.1, 0.15) is 81.1 Å². The van der Waals surface area contributed by atoms with Gasteiger partial charge in [0.05, 0.1) is 0 Å². The molecule has 0 bridgehead atoms. The Bertz CT molecular complexity index is 374. The van der Waals surface area contributed by atoms with Crippen LogP contribution in [0, 0.1) is 17.8 Å². The molecule has 0 amide bonds. The molecule has 0 aromatic rings. The third-order valence-corrected chi connectivity index (χ3v) is 5.93. The minimum atomic E-state index is 0.704. The van der Waals surface area contributed by atoms with Crippen molar-refractivity contribution < 1.29 is 0 Å². The monoisotopic (exact) mass is 350 g/mol. The molecule has 0 N–H and O–H groups in total. The van der Waals surface area contributed by atoms with E-state index in [0.29, 0.717) is 6.04 Å². The fraction of sp³-hybridized carbons (Fsp3) is 0.913. The van der Waals surface area contributed by atoms with E-state index in [1.807, 2.05) is 0 Å². The summed E-state index contributed by atoms with van der Waals surface area (Å²) in [6.07, 6.45) is 7.97. The molecular weight excluding hydrogens is 304 g/mol. The normalized spacial score (nSPS) is 21.0. The van der Waals surface area contributed by atoms with Crippen LogP contribution in [0.2, 0.25) is 0 Å². The molecule has 25 heavy (non-hydrogen) atoms. The standard InChI is InChI=1S/C12H25N.C11H21N/c1-10(2)9-12-5-7-13(8-6-12)11(3)4;1-9(2)11-5-7-12(8-6-11)10(3)4/h10-12H,5-9H2,1-4H3;5,9-10H,6-8H2,1-4H3. The number of nitrogens with zero attached hydrogens (tertiary/aromatic N) is 2. The Labute approximate surface area is 159 Å². The summed E-state index contributed by atoms with van der Waals surface area (Å²) in [6, 6.07) is 1.45. The number of piperidine rings is 1. The van der Waals surface area contributed by atoms with Crippen LogP contribution in [-0.4, -0.2) is 48.1 Å². The quantitative estimate of drug-likeness (QED) is 0.575. The predicted octanol–water partition coefficient (Wildman–Crippen LogP) is 5.84. The van der Waals surface area contributed by atoms with E-state index in [-0.39, 0.29) is 0 Å². The second-order valence-corrected chi connectivity index (χ2v) is 9.48. The van der Waals surface area contributed by atoms with Crippen molar-refractivity contribution in [1.82, 2.24) is 9.80 Å². The number of rotatable bonds is 5. The summed E-state index contributed by atoms with van der Waals surface area (Å²) in [4.78, 5) is 5.13. The maximum Gasteiger partial charge on any atom is 0.0168 e. The van der Waals surface area contributed by atoms with E-state index in [4.69, 9.17) is 0 Å². The second-order valence-electron chi connectivity index (χ2n) is 9.48. The Morgan fingerprint density at radius 3 is 1.76 bits per heavy atom. The van der Waals surface area contributed by atoms with Crippen molar-refractivity contribution in [3.63, 3.8) is 0 Å². The summed E-state index contributed by atoms with van der Waals surface area (Å²) in [5, 5.41) is 0. The van der Waals surface area contributed by atoms with Crippen molar-refractivity contribution in [3.05, 3.63) is 11.6 Å². The van der Waals surface area contributed by atoms with Gasteiger partial charge >= 0.3 is 0 Å². The van der Waals surface area contributed by atoms with Crippen molar-refractivity contribution in [3.8, 4) is 0 Å². The van der Waals surface area contributed by atoms with E-state index in [1.54, 1.807) is 5.57 Å². The maximum atomic E-state index is 2.61. The first-order valence-corrected chi connectivity index (χ1v) is 10.9. The second kappa shape index (κ2) is 11.4. The average molecular weight is 351 g/mol.